The SMILES string of the molecule is O=C(CSc1nnc(NC(=O)c2ccccc2C(F)(F)F)s1)NCc1ccccc1Cl. The third kappa shape index (κ3) is 6.42. The molecule has 0 aliphatic heterocycles. The van der Waals surface area contributed by atoms with Crippen molar-refractivity contribution in [3.8, 4) is 0 Å². The van der Waals surface area contributed by atoms with Gasteiger partial charge in [-0.3, -0.25) is 14.9 Å². The van der Waals surface area contributed by atoms with Crippen LogP contribution < -0.4 is 10.6 Å². The molecule has 0 bridgehead atoms. The average Bonchev–Trinajstić information content (AvgIpc) is 3.18. The van der Waals surface area contributed by atoms with Gasteiger partial charge >= 0.3 is 6.18 Å². The predicted octanol–water partition coefficient (Wildman–Crippen LogP) is 4.87. The van der Waals surface area contributed by atoms with E-state index in [0.717, 1.165) is 40.8 Å². The van der Waals surface area contributed by atoms with E-state index in [4.69, 9.17) is 11.6 Å². The minimum atomic E-state index is -4.66. The number of hydrogen-bond donors (Lipinski definition) is 2. The van der Waals surface area contributed by atoms with Crippen molar-refractivity contribution in [3.05, 3.63) is 70.2 Å². The fraction of sp³-hybridized carbons (Fsp3) is 0.158. The molecule has 0 saturated carbocycles. The number of thioether (sulfide) groups is 1. The lowest BCUT2D eigenvalue weighted by Gasteiger charge is -2.11. The highest BCUT2D eigenvalue weighted by Gasteiger charge is 2.35. The summed E-state index contributed by atoms with van der Waals surface area (Å²) in [7, 11) is 0. The maximum atomic E-state index is 13.1. The van der Waals surface area contributed by atoms with Gasteiger partial charge in [0.05, 0.1) is 16.9 Å². The van der Waals surface area contributed by atoms with Crippen LogP contribution in [0.5, 0.6) is 0 Å². The van der Waals surface area contributed by atoms with Gasteiger partial charge in [0.2, 0.25) is 11.0 Å². The topological polar surface area (TPSA) is 84.0 Å². The lowest BCUT2D eigenvalue weighted by atomic mass is 10.1. The summed E-state index contributed by atoms with van der Waals surface area (Å²) in [4.78, 5) is 24.3. The first-order valence-corrected chi connectivity index (χ1v) is 10.9. The van der Waals surface area contributed by atoms with E-state index in [0.29, 0.717) is 9.36 Å². The molecule has 3 aromatic rings. The van der Waals surface area contributed by atoms with Gasteiger partial charge in [0.1, 0.15) is 0 Å². The van der Waals surface area contributed by atoms with Crippen molar-refractivity contribution in [2.24, 2.45) is 0 Å². The number of nitrogens with one attached hydrogen (secondary N) is 2. The van der Waals surface area contributed by atoms with Gasteiger partial charge in [-0.25, -0.2) is 0 Å². The van der Waals surface area contributed by atoms with E-state index in [2.05, 4.69) is 20.8 Å². The van der Waals surface area contributed by atoms with E-state index in [1.807, 2.05) is 6.07 Å². The largest absolute Gasteiger partial charge is 0.417 e. The van der Waals surface area contributed by atoms with Crippen LogP contribution in [0.1, 0.15) is 21.5 Å². The number of hydrogen-bond acceptors (Lipinski definition) is 6. The van der Waals surface area contributed by atoms with Crippen LogP contribution in [0.4, 0.5) is 18.3 Å². The van der Waals surface area contributed by atoms with Gasteiger partial charge in [-0.2, -0.15) is 13.2 Å². The van der Waals surface area contributed by atoms with Crippen LogP contribution in [0, 0.1) is 0 Å². The Hall–Kier alpha value is -2.63. The highest BCUT2D eigenvalue weighted by Crippen LogP contribution is 2.32. The number of aromatic nitrogens is 2. The summed E-state index contributed by atoms with van der Waals surface area (Å²) in [5.41, 5.74) is -0.775. The molecule has 0 fully saturated rings. The Morgan fingerprint density at radius 2 is 1.77 bits per heavy atom. The van der Waals surface area contributed by atoms with Crippen LogP contribution in [0.3, 0.4) is 0 Å². The van der Waals surface area contributed by atoms with Crippen LogP contribution >= 0.6 is 34.7 Å². The van der Waals surface area contributed by atoms with Gasteiger partial charge in [0.25, 0.3) is 5.91 Å². The van der Waals surface area contributed by atoms with Crippen molar-refractivity contribution in [2.75, 3.05) is 11.1 Å². The number of anilines is 1. The smallest absolute Gasteiger partial charge is 0.351 e. The van der Waals surface area contributed by atoms with Crippen LogP contribution in [0.15, 0.2) is 52.9 Å². The first-order chi connectivity index (χ1) is 14.7. The van der Waals surface area contributed by atoms with E-state index < -0.39 is 23.2 Å². The Balaban J connectivity index is 1.53. The van der Waals surface area contributed by atoms with Crippen molar-refractivity contribution in [1.82, 2.24) is 15.5 Å². The molecule has 3 rings (SSSR count). The molecular formula is C19H14ClF3N4O2S2. The van der Waals surface area contributed by atoms with Crippen LogP contribution in [0.2, 0.25) is 5.02 Å². The van der Waals surface area contributed by atoms with E-state index in [1.165, 1.54) is 12.1 Å². The van der Waals surface area contributed by atoms with Crippen molar-refractivity contribution in [1.29, 1.82) is 0 Å². The van der Waals surface area contributed by atoms with E-state index >= 15 is 0 Å². The molecule has 2 N–H and O–H groups in total. The molecule has 1 aromatic heterocycles. The summed E-state index contributed by atoms with van der Waals surface area (Å²) in [6, 6.07) is 11.6. The predicted molar refractivity (Wildman–Crippen MR) is 113 cm³/mol. The molecule has 31 heavy (non-hydrogen) atoms. The lowest BCUT2D eigenvalue weighted by molar-refractivity contribution is -0.137. The highest BCUT2D eigenvalue weighted by atomic mass is 35.5. The zero-order valence-corrected chi connectivity index (χ0v) is 18.0. The Labute approximate surface area is 188 Å². The van der Waals surface area contributed by atoms with Crippen molar-refractivity contribution in [3.63, 3.8) is 0 Å². The molecule has 1 heterocycles. The summed E-state index contributed by atoms with van der Waals surface area (Å²) >= 11 is 8.08. The lowest BCUT2D eigenvalue weighted by Crippen LogP contribution is -2.24. The maximum absolute atomic E-state index is 13.1. The number of benzene rings is 2. The van der Waals surface area contributed by atoms with Gasteiger partial charge < -0.3 is 5.32 Å². The van der Waals surface area contributed by atoms with E-state index in [9.17, 15) is 22.8 Å². The second-order valence-electron chi connectivity index (χ2n) is 6.03. The molecule has 0 atom stereocenters. The number of halogens is 4. The highest BCUT2D eigenvalue weighted by molar-refractivity contribution is 8.01. The number of amides is 2. The first-order valence-electron chi connectivity index (χ1n) is 8.68. The Morgan fingerprint density at radius 1 is 1.06 bits per heavy atom. The first kappa shape index (κ1) is 23.0. The Kier molecular flexibility index (Phi) is 7.52. The standard InChI is InChI=1S/C19H14ClF3N4O2S2/c20-14-8-4-1-5-11(14)9-24-15(28)10-30-18-27-26-17(31-18)25-16(29)12-6-2-3-7-13(12)19(21,22)23/h1-8H,9-10H2,(H,24,28)(H,25,26,29). The molecule has 0 aliphatic rings. The molecule has 162 valence electrons. The van der Waals surface area contributed by atoms with Gasteiger partial charge in [-0.1, -0.05) is 65.0 Å². The third-order valence-electron chi connectivity index (χ3n) is 3.86. The molecule has 0 saturated heterocycles. The summed E-state index contributed by atoms with van der Waals surface area (Å²) in [6.07, 6.45) is -4.66. The van der Waals surface area contributed by atoms with Gasteiger partial charge in [0.15, 0.2) is 4.34 Å². The molecule has 2 amide bonds. The Morgan fingerprint density at radius 3 is 2.52 bits per heavy atom. The maximum Gasteiger partial charge on any atom is 0.417 e. The van der Waals surface area contributed by atoms with Crippen molar-refractivity contribution < 1.29 is 22.8 Å². The zero-order chi connectivity index (χ0) is 22.4. The van der Waals surface area contributed by atoms with Crippen LogP contribution in [-0.4, -0.2) is 27.8 Å². The monoisotopic (exact) mass is 486 g/mol. The van der Waals surface area contributed by atoms with Gasteiger partial charge in [-0.05, 0) is 23.8 Å². The summed E-state index contributed by atoms with van der Waals surface area (Å²) in [6.45, 7) is 0.273. The summed E-state index contributed by atoms with van der Waals surface area (Å²) < 4.78 is 39.6. The van der Waals surface area contributed by atoms with Crippen LogP contribution in [-0.2, 0) is 17.5 Å². The zero-order valence-electron chi connectivity index (χ0n) is 15.6. The van der Waals surface area contributed by atoms with Gasteiger partial charge in [0, 0.05) is 11.6 Å². The average molecular weight is 487 g/mol. The second kappa shape index (κ2) is 10.1. The number of carbonyl (C=O) groups excluding carboxylic acids is 2. The molecule has 0 radical (unpaired) electrons. The summed E-state index contributed by atoms with van der Waals surface area (Å²) in [5, 5.41) is 13.2. The molecule has 0 unspecified atom stereocenters. The number of alkyl halides is 3. The molecule has 0 aliphatic carbocycles. The second-order valence-corrected chi connectivity index (χ2v) is 8.63. The third-order valence-corrected chi connectivity index (χ3v) is 6.21. The van der Waals surface area contributed by atoms with E-state index in [1.54, 1.807) is 18.2 Å². The van der Waals surface area contributed by atoms with Crippen molar-refractivity contribution in [2.45, 2.75) is 17.1 Å². The fourth-order valence-electron chi connectivity index (χ4n) is 2.43. The van der Waals surface area contributed by atoms with E-state index in [-0.39, 0.29) is 23.3 Å². The number of rotatable bonds is 7. The fourth-order valence-corrected chi connectivity index (χ4v) is 4.20. The van der Waals surface area contributed by atoms with Gasteiger partial charge in [-0.15, -0.1) is 10.2 Å². The minimum absolute atomic E-state index is 0.0287. The quantitative estimate of drug-likeness (QED) is 0.367. The molecular weight excluding hydrogens is 473 g/mol. The number of carbonyl (C=O) groups is 2. The minimum Gasteiger partial charge on any atom is -0.351 e. The normalized spacial score (nSPS) is 11.2. The summed E-state index contributed by atoms with van der Waals surface area (Å²) in [5.74, 6) is -1.16. The van der Waals surface area contributed by atoms with Crippen molar-refractivity contribution >= 4 is 51.6 Å². The molecule has 12 heteroatoms. The molecule has 0 spiro atoms. The molecule has 2 aromatic carbocycles. The molecule has 6 nitrogen and oxygen atoms in total. The number of nitrogens with zero attached hydrogens (tertiary/aromatic N) is 2. The Bertz CT molecular complexity index is 1090. The van der Waals surface area contributed by atoms with Crippen LogP contribution in [0.25, 0.3) is 0 Å².